The molecule has 0 fully saturated rings. The third-order valence-corrected chi connectivity index (χ3v) is 2.90. The standard InChI is InChI=1S/C10H12FNO2S/c1-6(4-10(13)14)15-9-3-2-7(12)5-8(9)11/h2-3,5-6H,4,12H2,1H3,(H,13,14). The number of halogens is 1. The van der Waals surface area contributed by atoms with Crippen molar-refractivity contribution < 1.29 is 14.3 Å². The number of benzene rings is 1. The van der Waals surface area contributed by atoms with E-state index in [2.05, 4.69) is 0 Å². The lowest BCUT2D eigenvalue weighted by Gasteiger charge is -2.09. The number of hydrogen-bond donors (Lipinski definition) is 2. The van der Waals surface area contributed by atoms with Crippen molar-refractivity contribution in [2.45, 2.75) is 23.5 Å². The van der Waals surface area contributed by atoms with Gasteiger partial charge in [0, 0.05) is 15.8 Å². The van der Waals surface area contributed by atoms with E-state index in [0.717, 1.165) is 0 Å². The summed E-state index contributed by atoms with van der Waals surface area (Å²) in [6.07, 6.45) is 0.00842. The highest BCUT2D eigenvalue weighted by Gasteiger charge is 2.11. The number of nitrogen functional groups attached to an aromatic ring is 1. The van der Waals surface area contributed by atoms with Crippen LogP contribution in [-0.4, -0.2) is 16.3 Å². The van der Waals surface area contributed by atoms with Crippen LogP contribution < -0.4 is 5.73 Å². The Kier molecular flexibility index (Phi) is 3.96. The third-order valence-electron chi connectivity index (χ3n) is 1.75. The van der Waals surface area contributed by atoms with Gasteiger partial charge in [-0.3, -0.25) is 4.79 Å². The smallest absolute Gasteiger partial charge is 0.304 e. The van der Waals surface area contributed by atoms with Gasteiger partial charge in [-0.1, -0.05) is 6.92 Å². The van der Waals surface area contributed by atoms with E-state index in [1.165, 1.54) is 17.8 Å². The van der Waals surface area contributed by atoms with Crippen LogP contribution in [-0.2, 0) is 4.79 Å². The van der Waals surface area contributed by atoms with E-state index in [1.54, 1.807) is 19.1 Å². The van der Waals surface area contributed by atoms with Crippen molar-refractivity contribution in [2.75, 3.05) is 5.73 Å². The van der Waals surface area contributed by atoms with Gasteiger partial charge in [0.25, 0.3) is 0 Å². The molecule has 3 N–H and O–H groups in total. The Labute approximate surface area is 91.5 Å². The first-order valence-corrected chi connectivity index (χ1v) is 5.30. The van der Waals surface area contributed by atoms with Crippen molar-refractivity contribution >= 4 is 23.4 Å². The summed E-state index contributed by atoms with van der Waals surface area (Å²) in [6, 6.07) is 4.39. The molecule has 1 aromatic rings. The number of carboxylic acids is 1. The molecule has 0 saturated heterocycles. The second kappa shape index (κ2) is 5.02. The zero-order chi connectivity index (χ0) is 11.4. The topological polar surface area (TPSA) is 63.3 Å². The van der Waals surface area contributed by atoms with Gasteiger partial charge in [0.1, 0.15) is 5.82 Å². The minimum atomic E-state index is -0.883. The Balaban J connectivity index is 2.68. The maximum Gasteiger partial charge on any atom is 0.304 e. The molecular weight excluding hydrogens is 217 g/mol. The fraction of sp³-hybridized carbons (Fsp3) is 0.300. The molecule has 0 aromatic heterocycles. The summed E-state index contributed by atoms with van der Waals surface area (Å²) in [5, 5.41) is 8.38. The highest BCUT2D eigenvalue weighted by molar-refractivity contribution is 8.00. The number of thioether (sulfide) groups is 1. The van der Waals surface area contributed by atoms with Gasteiger partial charge in [0.2, 0.25) is 0 Å². The van der Waals surface area contributed by atoms with Gasteiger partial charge in [-0.15, -0.1) is 11.8 Å². The summed E-state index contributed by atoms with van der Waals surface area (Å²) in [5.74, 6) is -1.29. The lowest BCUT2D eigenvalue weighted by molar-refractivity contribution is -0.136. The zero-order valence-corrected chi connectivity index (χ0v) is 9.05. The van der Waals surface area contributed by atoms with Gasteiger partial charge in [0.15, 0.2) is 0 Å². The highest BCUT2D eigenvalue weighted by Crippen LogP contribution is 2.28. The predicted molar refractivity (Wildman–Crippen MR) is 58.4 cm³/mol. The SMILES string of the molecule is CC(CC(=O)O)Sc1ccc(N)cc1F. The maximum atomic E-state index is 13.3. The molecule has 0 saturated carbocycles. The minimum Gasteiger partial charge on any atom is -0.481 e. The van der Waals surface area contributed by atoms with Crippen LogP contribution in [0.1, 0.15) is 13.3 Å². The monoisotopic (exact) mass is 229 g/mol. The molecule has 0 aliphatic rings. The molecule has 1 aromatic carbocycles. The van der Waals surface area contributed by atoms with E-state index >= 15 is 0 Å². The molecule has 1 unspecified atom stereocenters. The quantitative estimate of drug-likeness (QED) is 0.614. The van der Waals surface area contributed by atoms with Crippen LogP contribution in [0.5, 0.6) is 0 Å². The van der Waals surface area contributed by atoms with E-state index in [9.17, 15) is 9.18 Å². The second-order valence-corrected chi connectivity index (χ2v) is 4.70. The van der Waals surface area contributed by atoms with Gasteiger partial charge in [-0.25, -0.2) is 4.39 Å². The lowest BCUT2D eigenvalue weighted by atomic mass is 10.3. The Hall–Kier alpha value is -1.23. The number of carboxylic acid groups (broad SMARTS) is 1. The lowest BCUT2D eigenvalue weighted by Crippen LogP contribution is -2.05. The Morgan fingerprint density at radius 1 is 1.67 bits per heavy atom. The zero-order valence-electron chi connectivity index (χ0n) is 8.24. The van der Waals surface area contributed by atoms with Crippen molar-refractivity contribution in [3.63, 3.8) is 0 Å². The molecule has 0 radical (unpaired) electrons. The molecule has 0 spiro atoms. The Morgan fingerprint density at radius 3 is 2.87 bits per heavy atom. The van der Waals surface area contributed by atoms with Crippen LogP contribution in [0.3, 0.4) is 0 Å². The maximum absolute atomic E-state index is 13.3. The molecule has 15 heavy (non-hydrogen) atoms. The number of carbonyl (C=O) groups is 1. The van der Waals surface area contributed by atoms with Gasteiger partial charge in [-0.05, 0) is 18.2 Å². The summed E-state index contributed by atoms with van der Waals surface area (Å²) in [5.41, 5.74) is 5.76. The molecule has 5 heteroatoms. The van der Waals surface area contributed by atoms with Crippen LogP contribution in [0.25, 0.3) is 0 Å². The number of anilines is 1. The molecule has 1 rings (SSSR count). The summed E-state index contributed by atoms with van der Waals surface area (Å²) >= 11 is 1.20. The number of hydrogen-bond acceptors (Lipinski definition) is 3. The van der Waals surface area contributed by atoms with Crippen molar-refractivity contribution in [2.24, 2.45) is 0 Å². The largest absolute Gasteiger partial charge is 0.481 e. The summed E-state index contributed by atoms with van der Waals surface area (Å²) < 4.78 is 13.3. The predicted octanol–water partition coefficient (Wildman–Crippen LogP) is 2.36. The van der Waals surface area contributed by atoms with Crippen molar-refractivity contribution in [3.05, 3.63) is 24.0 Å². The first-order chi connectivity index (χ1) is 6.99. The minimum absolute atomic E-state index is 0.00842. The third kappa shape index (κ3) is 3.79. The first kappa shape index (κ1) is 11.8. The molecule has 1 atom stereocenters. The average molecular weight is 229 g/mol. The number of aliphatic carboxylic acids is 1. The Bertz CT molecular complexity index is 370. The molecule has 0 aliphatic carbocycles. The number of rotatable bonds is 4. The van der Waals surface area contributed by atoms with Gasteiger partial charge < -0.3 is 10.8 Å². The van der Waals surface area contributed by atoms with E-state index < -0.39 is 11.8 Å². The first-order valence-electron chi connectivity index (χ1n) is 4.42. The van der Waals surface area contributed by atoms with E-state index in [-0.39, 0.29) is 11.7 Å². The molecule has 82 valence electrons. The van der Waals surface area contributed by atoms with E-state index in [0.29, 0.717) is 10.6 Å². The molecule has 3 nitrogen and oxygen atoms in total. The van der Waals surface area contributed by atoms with Crippen molar-refractivity contribution in [3.8, 4) is 0 Å². The van der Waals surface area contributed by atoms with Crippen molar-refractivity contribution in [1.82, 2.24) is 0 Å². The number of nitrogens with two attached hydrogens (primary N) is 1. The molecule has 0 amide bonds. The van der Waals surface area contributed by atoms with Gasteiger partial charge in [0.05, 0.1) is 6.42 Å². The van der Waals surface area contributed by atoms with Crippen LogP contribution in [0.2, 0.25) is 0 Å². The summed E-state index contributed by atoms with van der Waals surface area (Å²) in [4.78, 5) is 10.8. The van der Waals surface area contributed by atoms with E-state index in [4.69, 9.17) is 10.8 Å². The second-order valence-electron chi connectivity index (χ2n) is 3.22. The fourth-order valence-corrected chi connectivity index (χ4v) is 2.09. The van der Waals surface area contributed by atoms with Gasteiger partial charge in [-0.2, -0.15) is 0 Å². The summed E-state index contributed by atoms with van der Waals surface area (Å²) in [6.45, 7) is 1.74. The molecular formula is C10H12FNO2S. The molecule has 0 heterocycles. The normalized spacial score (nSPS) is 12.4. The molecule has 0 aliphatic heterocycles. The van der Waals surface area contributed by atoms with Crippen LogP contribution in [0.4, 0.5) is 10.1 Å². The van der Waals surface area contributed by atoms with Crippen LogP contribution in [0.15, 0.2) is 23.1 Å². The average Bonchev–Trinajstić information content (AvgIpc) is 2.08. The molecule has 0 bridgehead atoms. The Morgan fingerprint density at radius 2 is 2.33 bits per heavy atom. The fourth-order valence-electron chi connectivity index (χ4n) is 1.12. The van der Waals surface area contributed by atoms with Gasteiger partial charge >= 0.3 is 5.97 Å². The van der Waals surface area contributed by atoms with E-state index in [1.807, 2.05) is 0 Å². The van der Waals surface area contributed by atoms with Crippen LogP contribution >= 0.6 is 11.8 Å². The highest BCUT2D eigenvalue weighted by atomic mass is 32.2. The van der Waals surface area contributed by atoms with Crippen LogP contribution in [0, 0.1) is 5.82 Å². The summed E-state index contributed by atoms with van der Waals surface area (Å²) in [7, 11) is 0. The van der Waals surface area contributed by atoms with Crippen molar-refractivity contribution in [1.29, 1.82) is 0 Å².